The fourth-order valence-electron chi connectivity index (χ4n) is 1.95. The van der Waals surface area contributed by atoms with Crippen molar-refractivity contribution in [2.75, 3.05) is 0 Å². The number of Topliss-reactive ketones (excluding diaryl/α,β-unsaturated/α-hetero) is 1. The summed E-state index contributed by atoms with van der Waals surface area (Å²) in [7, 11) is 0. The van der Waals surface area contributed by atoms with Crippen molar-refractivity contribution in [2.45, 2.75) is 25.2 Å². The Hall–Kier alpha value is -2.51. The lowest BCUT2D eigenvalue weighted by Crippen LogP contribution is -2.40. The molecule has 0 aromatic heterocycles. The smallest absolute Gasteiger partial charge is 0.456 e. The van der Waals surface area contributed by atoms with Gasteiger partial charge in [0.25, 0.3) is 0 Å². The molecule has 0 aliphatic rings. The average molecular weight is 362 g/mol. The molecule has 0 heterocycles. The third-order valence-corrected chi connectivity index (χ3v) is 3.37. The summed E-state index contributed by atoms with van der Waals surface area (Å²) in [6.07, 6.45) is -9.50. The van der Waals surface area contributed by atoms with Crippen LogP contribution in [0.15, 0.2) is 48.5 Å². The van der Waals surface area contributed by atoms with Gasteiger partial charge in [0, 0.05) is 5.56 Å². The van der Waals surface area contributed by atoms with Crippen molar-refractivity contribution in [1.29, 1.82) is 0 Å². The maximum Gasteiger partial charge on any atom is 0.456 e. The molecule has 0 amide bonds. The summed E-state index contributed by atoms with van der Waals surface area (Å²) in [5, 5.41) is 0. The second-order valence-corrected chi connectivity index (χ2v) is 5.23. The molecule has 2 aromatic carbocycles. The van der Waals surface area contributed by atoms with E-state index in [2.05, 4.69) is 0 Å². The Morgan fingerprint density at radius 2 is 1.32 bits per heavy atom. The van der Waals surface area contributed by atoms with Gasteiger partial charge in [-0.2, -0.15) is 22.0 Å². The number of carbonyl (C=O) groups is 1. The maximum atomic E-state index is 13.5. The van der Waals surface area contributed by atoms with Crippen LogP contribution < -0.4 is 4.74 Å². The molecule has 0 saturated carbocycles. The maximum absolute atomic E-state index is 13.5. The van der Waals surface area contributed by atoms with Gasteiger partial charge in [-0.1, -0.05) is 12.1 Å². The number of hydrogen-bond donors (Lipinski definition) is 0. The van der Waals surface area contributed by atoms with E-state index in [1.54, 1.807) is 0 Å². The largest absolute Gasteiger partial charge is 0.457 e. The second-order valence-electron chi connectivity index (χ2n) is 5.23. The lowest BCUT2D eigenvalue weighted by atomic mass is 10.0. The van der Waals surface area contributed by atoms with E-state index in [0.717, 1.165) is 24.3 Å². The molecular weight excluding hydrogens is 350 g/mol. The highest BCUT2D eigenvalue weighted by molar-refractivity contribution is 5.94. The van der Waals surface area contributed by atoms with Gasteiger partial charge >= 0.3 is 12.1 Å². The van der Waals surface area contributed by atoms with Crippen LogP contribution >= 0.6 is 0 Å². The number of carbonyl (C=O) groups excluding carboxylic acids is 1. The Morgan fingerprint density at radius 1 is 0.880 bits per heavy atom. The van der Waals surface area contributed by atoms with E-state index in [1.165, 1.54) is 31.2 Å². The average Bonchev–Trinajstić information content (AvgIpc) is 2.54. The Morgan fingerprint density at radius 3 is 1.72 bits per heavy atom. The van der Waals surface area contributed by atoms with Gasteiger partial charge < -0.3 is 4.74 Å². The first-order chi connectivity index (χ1) is 11.5. The SMILES string of the molecule is CC(=O)c1ccc(Oc2ccc(C(F)C(F)(F)C(F)(F)F)cc2)cc1. The van der Waals surface area contributed by atoms with E-state index in [4.69, 9.17) is 4.74 Å². The molecule has 0 aliphatic carbocycles. The lowest BCUT2D eigenvalue weighted by Gasteiger charge is -2.23. The second kappa shape index (κ2) is 6.78. The molecule has 1 unspecified atom stereocenters. The van der Waals surface area contributed by atoms with Gasteiger partial charge in [0.1, 0.15) is 11.5 Å². The van der Waals surface area contributed by atoms with E-state index in [1.807, 2.05) is 0 Å². The quantitative estimate of drug-likeness (QED) is 0.490. The van der Waals surface area contributed by atoms with Gasteiger partial charge in [-0.25, -0.2) is 4.39 Å². The van der Waals surface area contributed by atoms with Crippen molar-refractivity contribution in [3.05, 3.63) is 59.7 Å². The first-order valence-corrected chi connectivity index (χ1v) is 7.00. The van der Waals surface area contributed by atoms with Crippen LogP contribution in [0.4, 0.5) is 26.3 Å². The van der Waals surface area contributed by atoms with Crippen LogP contribution in [0.25, 0.3) is 0 Å². The van der Waals surface area contributed by atoms with E-state index < -0.39 is 23.8 Å². The van der Waals surface area contributed by atoms with Crippen molar-refractivity contribution in [3.63, 3.8) is 0 Å². The molecule has 25 heavy (non-hydrogen) atoms. The highest BCUT2D eigenvalue weighted by Gasteiger charge is 2.63. The molecule has 0 radical (unpaired) electrons. The minimum atomic E-state index is -5.99. The number of ketones is 1. The Balaban J connectivity index is 2.13. The van der Waals surface area contributed by atoms with Crippen LogP contribution in [0.3, 0.4) is 0 Å². The topological polar surface area (TPSA) is 26.3 Å². The molecule has 134 valence electrons. The number of alkyl halides is 6. The molecule has 1 atom stereocenters. The van der Waals surface area contributed by atoms with Crippen LogP contribution in [0.1, 0.15) is 29.0 Å². The van der Waals surface area contributed by atoms with Crippen molar-refractivity contribution in [3.8, 4) is 11.5 Å². The van der Waals surface area contributed by atoms with Crippen LogP contribution in [-0.2, 0) is 0 Å². The van der Waals surface area contributed by atoms with Gasteiger partial charge in [0.05, 0.1) is 0 Å². The number of rotatable bonds is 5. The summed E-state index contributed by atoms with van der Waals surface area (Å²) >= 11 is 0. The van der Waals surface area contributed by atoms with Crippen LogP contribution in [0, 0.1) is 0 Å². The molecule has 2 aromatic rings. The van der Waals surface area contributed by atoms with Gasteiger partial charge in [0.15, 0.2) is 12.0 Å². The highest BCUT2D eigenvalue weighted by Crippen LogP contribution is 2.46. The van der Waals surface area contributed by atoms with Gasteiger partial charge in [0.2, 0.25) is 0 Å². The van der Waals surface area contributed by atoms with Crippen LogP contribution in [0.5, 0.6) is 11.5 Å². The Bertz CT molecular complexity index is 735. The molecule has 0 aliphatic heterocycles. The summed E-state index contributed by atoms with van der Waals surface area (Å²) in [6.45, 7) is 1.39. The first-order valence-electron chi connectivity index (χ1n) is 7.00. The standard InChI is InChI=1S/C17H12F6O2/c1-10(24)11-2-6-13(7-3-11)25-14-8-4-12(5-9-14)15(18)16(19,20)17(21,22)23/h2-9,15H,1H3. The molecule has 0 bridgehead atoms. The van der Waals surface area contributed by atoms with E-state index in [-0.39, 0.29) is 11.5 Å². The Labute approximate surface area is 139 Å². The van der Waals surface area contributed by atoms with E-state index >= 15 is 0 Å². The molecule has 0 N–H and O–H groups in total. The minimum Gasteiger partial charge on any atom is -0.457 e. The van der Waals surface area contributed by atoms with Gasteiger partial charge in [-0.3, -0.25) is 4.79 Å². The minimum absolute atomic E-state index is 0.113. The molecule has 0 spiro atoms. The van der Waals surface area contributed by atoms with E-state index in [0.29, 0.717) is 11.3 Å². The number of hydrogen-bond acceptors (Lipinski definition) is 2. The molecule has 8 heteroatoms. The molecule has 0 fully saturated rings. The number of benzene rings is 2. The highest BCUT2D eigenvalue weighted by atomic mass is 19.4. The summed E-state index contributed by atoms with van der Waals surface area (Å²) < 4.78 is 81.5. The Kier molecular flexibility index (Phi) is 5.10. The third kappa shape index (κ3) is 4.12. The van der Waals surface area contributed by atoms with Gasteiger partial charge in [-0.05, 0) is 48.9 Å². The zero-order valence-electron chi connectivity index (χ0n) is 12.8. The van der Waals surface area contributed by atoms with Crippen LogP contribution in [0.2, 0.25) is 0 Å². The third-order valence-electron chi connectivity index (χ3n) is 3.37. The zero-order chi connectivity index (χ0) is 18.8. The summed E-state index contributed by atoms with van der Waals surface area (Å²) in [4.78, 5) is 11.2. The number of halogens is 6. The van der Waals surface area contributed by atoms with Crippen LogP contribution in [-0.4, -0.2) is 17.9 Å². The molecular formula is C17H12F6O2. The van der Waals surface area contributed by atoms with Gasteiger partial charge in [-0.15, -0.1) is 0 Å². The zero-order valence-corrected chi connectivity index (χ0v) is 12.8. The van der Waals surface area contributed by atoms with E-state index in [9.17, 15) is 31.1 Å². The monoisotopic (exact) mass is 362 g/mol. The van der Waals surface area contributed by atoms with Crippen molar-refractivity contribution < 1.29 is 35.9 Å². The van der Waals surface area contributed by atoms with Crippen molar-refractivity contribution in [1.82, 2.24) is 0 Å². The predicted molar refractivity (Wildman–Crippen MR) is 77.8 cm³/mol. The predicted octanol–water partition coefficient (Wildman–Crippen LogP) is 5.89. The fourth-order valence-corrected chi connectivity index (χ4v) is 1.95. The van der Waals surface area contributed by atoms with Crippen molar-refractivity contribution >= 4 is 5.78 Å². The fraction of sp³-hybridized carbons (Fsp3) is 0.235. The summed E-state index contributed by atoms with van der Waals surface area (Å²) in [5.41, 5.74) is -0.362. The molecule has 0 saturated heterocycles. The molecule has 2 rings (SSSR count). The molecule has 2 nitrogen and oxygen atoms in total. The summed E-state index contributed by atoms with van der Waals surface area (Å²) in [5.74, 6) is -5.20. The normalized spacial score (nSPS) is 13.4. The number of ether oxygens (including phenoxy) is 1. The first kappa shape index (κ1) is 18.8. The van der Waals surface area contributed by atoms with Crippen molar-refractivity contribution in [2.24, 2.45) is 0 Å². The lowest BCUT2D eigenvalue weighted by molar-refractivity contribution is -0.305. The summed E-state index contributed by atoms with van der Waals surface area (Å²) in [6, 6.07) is 9.73.